The standard InChI is InChI=1S/C31H22O2/c32-29-14-8-7-11-25(29)18-15-23-16-19-27(20-17-23)31-22-28(24-9-3-1-4-10-24)21-30(33-31)26-12-5-2-6-13-26/h1-22H/p+1. The van der Waals surface area contributed by atoms with E-state index in [9.17, 15) is 5.11 Å². The summed E-state index contributed by atoms with van der Waals surface area (Å²) in [7, 11) is 0. The summed E-state index contributed by atoms with van der Waals surface area (Å²) < 4.78 is 6.35. The lowest BCUT2D eigenvalue weighted by Gasteiger charge is -2.02. The third-order valence-corrected chi connectivity index (χ3v) is 5.55. The Kier molecular flexibility index (Phi) is 5.81. The quantitative estimate of drug-likeness (QED) is 0.225. The van der Waals surface area contributed by atoms with E-state index < -0.39 is 0 Å². The van der Waals surface area contributed by atoms with Crippen molar-refractivity contribution in [2.45, 2.75) is 0 Å². The molecule has 0 saturated carbocycles. The predicted octanol–water partition coefficient (Wildman–Crippen LogP) is 8.44. The molecule has 5 aromatic rings. The van der Waals surface area contributed by atoms with Crippen LogP contribution in [0.2, 0.25) is 0 Å². The van der Waals surface area contributed by atoms with Crippen LogP contribution in [0.4, 0.5) is 0 Å². The molecule has 1 heterocycles. The maximum Gasteiger partial charge on any atom is 0.361 e. The molecule has 1 N–H and O–H groups in total. The summed E-state index contributed by atoms with van der Waals surface area (Å²) in [5, 5.41) is 9.96. The first kappa shape index (κ1) is 20.5. The molecule has 4 aromatic carbocycles. The van der Waals surface area contributed by atoms with E-state index in [1.54, 1.807) is 6.07 Å². The highest BCUT2D eigenvalue weighted by molar-refractivity contribution is 5.76. The summed E-state index contributed by atoms with van der Waals surface area (Å²) in [5.41, 5.74) is 6.14. The van der Waals surface area contributed by atoms with Gasteiger partial charge in [0.2, 0.25) is 0 Å². The molecule has 0 amide bonds. The van der Waals surface area contributed by atoms with Crippen LogP contribution in [0.25, 0.3) is 45.9 Å². The highest BCUT2D eigenvalue weighted by Crippen LogP contribution is 2.33. The number of phenols is 1. The molecule has 0 saturated heterocycles. The van der Waals surface area contributed by atoms with Gasteiger partial charge in [0.15, 0.2) is 0 Å². The van der Waals surface area contributed by atoms with Crippen molar-refractivity contribution >= 4 is 12.2 Å². The van der Waals surface area contributed by atoms with E-state index in [1.807, 2.05) is 66.7 Å². The minimum absolute atomic E-state index is 0.273. The Morgan fingerprint density at radius 3 is 1.67 bits per heavy atom. The molecule has 0 bridgehead atoms. The van der Waals surface area contributed by atoms with Crippen molar-refractivity contribution in [3.63, 3.8) is 0 Å². The van der Waals surface area contributed by atoms with Crippen LogP contribution < -0.4 is 0 Å². The van der Waals surface area contributed by atoms with Gasteiger partial charge in [-0.1, -0.05) is 91.0 Å². The van der Waals surface area contributed by atoms with Crippen molar-refractivity contribution in [1.29, 1.82) is 0 Å². The smallest absolute Gasteiger partial charge is 0.361 e. The largest absolute Gasteiger partial charge is 0.507 e. The fourth-order valence-corrected chi connectivity index (χ4v) is 3.76. The summed E-state index contributed by atoms with van der Waals surface area (Å²) in [4.78, 5) is 0. The molecule has 0 unspecified atom stereocenters. The second-order valence-electron chi connectivity index (χ2n) is 7.82. The SMILES string of the molecule is Oc1ccccc1C=Cc1ccc(-c2cc(-c3ccccc3)cc(-c3ccccc3)[o+]2)cc1. The minimum atomic E-state index is 0.273. The van der Waals surface area contributed by atoms with Gasteiger partial charge in [-0.25, -0.2) is 4.42 Å². The fraction of sp³-hybridized carbons (Fsp3) is 0. The monoisotopic (exact) mass is 427 g/mol. The first-order chi connectivity index (χ1) is 16.3. The van der Waals surface area contributed by atoms with E-state index in [0.717, 1.165) is 44.9 Å². The van der Waals surface area contributed by atoms with Crippen LogP contribution in [-0.4, -0.2) is 5.11 Å². The summed E-state index contributed by atoms with van der Waals surface area (Å²) in [6, 6.07) is 40.2. The second kappa shape index (κ2) is 9.37. The maximum atomic E-state index is 9.96. The molecule has 33 heavy (non-hydrogen) atoms. The number of hydrogen-bond donors (Lipinski definition) is 1. The highest BCUT2D eigenvalue weighted by Gasteiger charge is 2.20. The molecule has 0 radical (unpaired) electrons. The molecular weight excluding hydrogens is 404 g/mol. The van der Waals surface area contributed by atoms with Gasteiger partial charge in [-0.2, -0.15) is 0 Å². The van der Waals surface area contributed by atoms with Gasteiger partial charge in [0, 0.05) is 11.1 Å². The van der Waals surface area contributed by atoms with Gasteiger partial charge in [-0.3, -0.25) is 0 Å². The topological polar surface area (TPSA) is 31.5 Å². The fourth-order valence-electron chi connectivity index (χ4n) is 3.76. The summed E-state index contributed by atoms with van der Waals surface area (Å²) in [5.74, 6) is 1.91. The van der Waals surface area contributed by atoms with Crippen molar-refractivity contribution in [3.8, 4) is 39.5 Å². The van der Waals surface area contributed by atoms with Gasteiger partial charge in [-0.15, -0.1) is 0 Å². The van der Waals surface area contributed by atoms with Crippen LogP contribution in [-0.2, 0) is 0 Å². The zero-order chi connectivity index (χ0) is 22.5. The Morgan fingerprint density at radius 1 is 0.485 bits per heavy atom. The van der Waals surface area contributed by atoms with E-state index in [0.29, 0.717) is 0 Å². The van der Waals surface area contributed by atoms with E-state index in [4.69, 9.17) is 4.42 Å². The van der Waals surface area contributed by atoms with Gasteiger partial charge < -0.3 is 5.11 Å². The van der Waals surface area contributed by atoms with Crippen molar-refractivity contribution < 1.29 is 9.52 Å². The molecule has 2 nitrogen and oxygen atoms in total. The summed E-state index contributed by atoms with van der Waals surface area (Å²) in [6.07, 6.45) is 3.91. The van der Waals surface area contributed by atoms with Gasteiger partial charge >= 0.3 is 11.5 Å². The first-order valence-electron chi connectivity index (χ1n) is 10.9. The van der Waals surface area contributed by atoms with Gasteiger partial charge in [-0.05, 0) is 41.5 Å². The number of benzene rings is 4. The highest BCUT2D eigenvalue weighted by atomic mass is 16.3. The van der Waals surface area contributed by atoms with Crippen LogP contribution in [0.5, 0.6) is 5.75 Å². The Balaban J connectivity index is 1.51. The summed E-state index contributed by atoms with van der Waals surface area (Å²) in [6.45, 7) is 0. The number of aromatic hydroxyl groups is 1. The number of phenolic OH excluding ortho intramolecular Hbond substituents is 1. The Bertz CT molecular complexity index is 1330. The lowest BCUT2D eigenvalue weighted by Crippen LogP contribution is -1.86. The van der Waals surface area contributed by atoms with E-state index in [2.05, 4.69) is 60.7 Å². The molecule has 0 atom stereocenters. The molecular formula is C31H23O2+. The van der Waals surface area contributed by atoms with Crippen LogP contribution in [0, 0.1) is 0 Å². The molecule has 0 aliphatic rings. The molecule has 5 rings (SSSR count). The van der Waals surface area contributed by atoms with Gasteiger partial charge in [0.25, 0.3) is 0 Å². The van der Waals surface area contributed by atoms with E-state index in [1.165, 1.54) is 0 Å². The maximum absolute atomic E-state index is 9.96. The Labute approximate surface area is 193 Å². The lowest BCUT2D eigenvalue weighted by atomic mass is 10.0. The van der Waals surface area contributed by atoms with Crippen LogP contribution in [0.3, 0.4) is 0 Å². The molecule has 158 valence electrons. The van der Waals surface area contributed by atoms with Crippen LogP contribution in [0.15, 0.2) is 126 Å². The third kappa shape index (κ3) is 4.76. The molecule has 0 aliphatic heterocycles. The number of para-hydroxylation sites is 1. The molecule has 0 aliphatic carbocycles. The lowest BCUT2D eigenvalue weighted by molar-refractivity contribution is 0.474. The van der Waals surface area contributed by atoms with Crippen molar-refractivity contribution in [2.75, 3.05) is 0 Å². The number of hydrogen-bond acceptors (Lipinski definition) is 1. The Hall–Kier alpha value is -4.43. The number of rotatable bonds is 5. The molecule has 1 aromatic heterocycles. The predicted molar refractivity (Wildman–Crippen MR) is 136 cm³/mol. The first-order valence-corrected chi connectivity index (χ1v) is 10.9. The zero-order valence-corrected chi connectivity index (χ0v) is 18.1. The average molecular weight is 428 g/mol. The molecule has 2 heteroatoms. The third-order valence-electron chi connectivity index (χ3n) is 5.55. The van der Waals surface area contributed by atoms with Crippen molar-refractivity contribution in [2.24, 2.45) is 0 Å². The minimum Gasteiger partial charge on any atom is -0.507 e. The van der Waals surface area contributed by atoms with Crippen molar-refractivity contribution in [3.05, 3.63) is 132 Å². The van der Waals surface area contributed by atoms with E-state index in [-0.39, 0.29) is 5.75 Å². The van der Waals surface area contributed by atoms with Gasteiger partial charge in [0.05, 0.1) is 23.3 Å². The van der Waals surface area contributed by atoms with Crippen LogP contribution >= 0.6 is 0 Å². The second-order valence-corrected chi connectivity index (χ2v) is 7.82. The summed E-state index contributed by atoms with van der Waals surface area (Å²) >= 11 is 0. The van der Waals surface area contributed by atoms with Gasteiger partial charge in [0.1, 0.15) is 5.75 Å². The normalized spacial score (nSPS) is 11.0. The molecule has 0 spiro atoms. The Morgan fingerprint density at radius 2 is 1.03 bits per heavy atom. The zero-order valence-electron chi connectivity index (χ0n) is 18.1. The molecule has 0 fully saturated rings. The van der Waals surface area contributed by atoms with Crippen LogP contribution in [0.1, 0.15) is 11.1 Å². The van der Waals surface area contributed by atoms with Crippen molar-refractivity contribution in [1.82, 2.24) is 0 Å². The average Bonchev–Trinajstić information content (AvgIpc) is 2.89. The van der Waals surface area contributed by atoms with E-state index >= 15 is 0 Å².